The van der Waals surface area contributed by atoms with Gasteiger partial charge < -0.3 is 10.1 Å². The fourth-order valence-electron chi connectivity index (χ4n) is 2.05. The molecule has 0 radical (unpaired) electrons. The van der Waals surface area contributed by atoms with Crippen LogP contribution in [0.1, 0.15) is 42.7 Å². The lowest BCUT2D eigenvalue weighted by Crippen LogP contribution is -2.41. The molecule has 0 bridgehead atoms. The highest BCUT2D eigenvalue weighted by Crippen LogP contribution is 2.16. The van der Waals surface area contributed by atoms with Crippen molar-refractivity contribution < 1.29 is 26.9 Å². The molecule has 1 aromatic carbocycles. The van der Waals surface area contributed by atoms with Crippen molar-refractivity contribution in [2.75, 3.05) is 13.4 Å². The molecule has 0 spiro atoms. The minimum Gasteiger partial charge on any atom is -0.465 e. The minimum absolute atomic E-state index is 0.311. The summed E-state index contributed by atoms with van der Waals surface area (Å²) in [4.78, 5) is 23.7. The molecule has 0 aliphatic rings. The monoisotopic (exact) mass is 357 g/mol. The van der Waals surface area contributed by atoms with E-state index in [0.29, 0.717) is 5.56 Å². The van der Waals surface area contributed by atoms with E-state index in [2.05, 4.69) is 10.1 Å². The summed E-state index contributed by atoms with van der Waals surface area (Å²) in [5, 5.41) is 2.72. The maximum atomic E-state index is 12.3. The zero-order chi connectivity index (χ0) is 18.5. The van der Waals surface area contributed by atoms with Crippen molar-refractivity contribution in [3.05, 3.63) is 35.4 Å². The summed E-state index contributed by atoms with van der Waals surface area (Å²) < 4.78 is 32.1. The van der Waals surface area contributed by atoms with Gasteiger partial charge in [-0.2, -0.15) is 8.42 Å². The van der Waals surface area contributed by atoms with Crippen LogP contribution in [0.3, 0.4) is 0 Å². The van der Waals surface area contributed by atoms with E-state index < -0.39 is 28.1 Å². The number of carbonyl (C=O) groups is 2. The van der Waals surface area contributed by atoms with Crippen LogP contribution in [0, 0.1) is 5.92 Å². The zero-order valence-corrected chi connectivity index (χ0v) is 15.2. The SMILES string of the molecule is COC(=O)c1ccc([C@H](C)NC(=O)C(OS(C)(=O)=O)C(C)C)cc1. The molecule has 1 aromatic rings. The van der Waals surface area contributed by atoms with Crippen LogP contribution < -0.4 is 5.32 Å². The van der Waals surface area contributed by atoms with Crippen molar-refractivity contribution in [1.82, 2.24) is 5.32 Å². The number of ether oxygens (including phenoxy) is 1. The Morgan fingerprint density at radius 2 is 1.62 bits per heavy atom. The third-order valence-corrected chi connectivity index (χ3v) is 3.89. The molecule has 0 heterocycles. The van der Waals surface area contributed by atoms with E-state index in [1.807, 2.05) is 0 Å². The number of hydrogen-bond donors (Lipinski definition) is 1. The predicted octanol–water partition coefficient (Wildman–Crippen LogP) is 1.65. The number of methoxy groups -OCH3 is 1. The second kappa shape index (κ2) is 8.25. The van der Waals surface area contributed by atoms with Crippen LogP contribution in [0.5, 0.6) is 0 Å². The highest BCUT2D eigenvalue weighted by molar-refractivity contribution is 7.86. The molecule has 0 aliphatic carbocycles. The van der Waals surface area contributed by atoms with Gasteiger partial charge in [-0.05, 0) is 30.5 Å². The van der Waals surface area contributed by atoms with Gasteiger partial charge in [0.1, 0.15) is 0 Å². The van der Waals surface area contributed by atoms with E-state index in [0.717, 1.165) is 11.8 Å². The Morgan fingerprint density at radius 3 is 2.04 bits per heavy atom. The molecule has 1 amide bonds. The Labute approximate surface area is 142 Å². The molecule has 24 heavy (non-hydrogen) atoms. The van der Waals surface area contributed by atoms with Crippen LogP contribution in [-0.2, 0) is 23.8 Å². The van der Waals surface area contributed by atoms with Crippen LogP contribution in [0.4, 0.5) is 0 Å². The second-order valence-electron chi connectivity index (χ2n) is 5.81. The largest absolute Gasteiger partial charge is 0.465 e. The molecule has 2 atom stereocenters. The topological polar surface area (TPSA) is 98.8 Å². The van der Waals surface area contributed by atoms with Crippen LogP contribution in [0.15, 0.2) is 24.3 Å². The molecule has 1 unspecified atom stereocenters. The average Bonchev–Trinajstić information content (AvgIpc) is 2.50. The molecule has 0 aromatic heterocycles. The van der Waals surface area contributed by atoms with Crippen molar-refractivity contribution in [3.63, 3.8) is 0 Å². The number of nitrogens with one attached hydrogen (secondary N) is 1. The second-order valence-corrected chi connectivity index (χ2v) is 7.41. The maximum Gasteiger partial charge on any atom is 0.337 e. The van der Waals surface area contributed by atoms with E-state index in [4.69, 9.17) is 4.18 Å². The van der Waals surface area contributed by atoms with Gasteiger partial charge in [-0.15, -0.1) is 0 Å². The third kappa shape index (κ3) is 5.93. The van der Waals surface area contributed by atoms with Crippen molar-refractivity contribution in [2.24, 2.45) is 5.92 Å². The quantitative estimate of drug-likeness (QED) is 0.588. The zero-order valence-electron chi connectivity index (χ0n) is 14.4. The summed E-state index contributed by atoms with van der Waals surface area (Å²) in [5.74, 6) is -1.27. The Hall–Kier alpha value is -1.93. The molecule has 0 saturated heterocycles. The smallest absolute Gasteiger partial charge is 0.337 e. The number of rotatable bonds is 7. The molecule has 0 fully saturated rings. The van der Waals surface area contributed by atoms with Crippen molar-refractivity contribution >= 4 is 22.0 Å². The summed E-state index contributed by atoms with van der Waals surface area (Å²) in [6.45, 7) is 5.15. The van der Waals surface area contributed by atoms with Gasteiger partial charge in [0.2, 0.25) is 0 Å². The number of amides is 1. The lowest BCUT2D eigenvalue weighted by Gasteiger charge is -2.22. The molecule has 1 N–H and O–H groups in total. The molecule has 0 saturated carbocycles. The number of esters is 1. The van der Waals surface area contributed by atoms with Crippen LogP contribution in [0.25, 0.3) is 0 Å². The van der Waals surface area contributed by atoms with Gasteiger partial charge in [-0.3, -0.25) is 8.98 Å². The van der Waals surface area contributed by atoms with E-state index in [9.17, 15) is 18.0 Å². The summed E-state index contributed by atoms with van der Waals surface area (Å²) in [7, 11) is -2.45. The number of benzene rings is 1. The lowest BCUT2D eigenvalue weighted by atomic mass is 10.0. The van der Waals surface area contributed by atoms with Gasteiger partial charge in [0, 0.05) is 0 Å². The average molecular weight is 357 g/mol. The maximum absolute atomic E-state index is 12.3. The first-order valence-corrected chi connectivity index (χ1v) is 9.23. The standard InChI is InChI=1S/C16H23NO6S/c1-10(2)14(23-24(5,20)21)15(18)17-11(3)12-6-8-13(9-7-12)16(19)22-4/h6-11,14H,1-5H3,(H,17,18)/t11-,14?/m0/s1. The predicted molar refractivity (Wildman–Crippen MR) is 88.9 cm³/mol. The Bertz CT molecular complexity index is 681. The Kier molecular flexibility index (Phi) is 6.92. The summed E-state index contributed by atoms with van der Waals surface area (Å²) in [6.07, 6.45) is -0.193. The van der Waals surface area contributed by atoms with E-state index in [-0.39, 0.29) is 12.0 Å². The number of hydrogen-bond acceptors (Lipinski definition) is 6. The molecule has 1 rings (SSSR count). The number of carbonyl (C=O) groups excluding carboxylic acids is 2. The van der Waals surface area contributed by atoms with Crippen molar-refractivity contribution in [3.8, 4) is 0 Å². The first-order chi connectivity index (χ1) is 11.0. The van der Waals surface area contributed by atoms with Crippen molar-refractivity contribution in [2.45, 2.75) is 32.9 Å². The van der Waals surface area contributed by atoms with Crippen LogP contribution in [-0.4, -0.2) is 39.8 Å². The van der Waals surface area contributed by atoms with Crippen molar-refractivity contribution in [1.29, 1.82) is 0 Å². The normalized spacial score (nSPS) is 14.1. The van der Waals surface area contributed by atoms with Gasteiger partial charge in [-0.1, -0.05) is 26.0 Å². The van der Waals surface area contributed by atoms with Gasteiger partial charge in [-0.25, -0.2) is 4.79 Å². The highest BCUT2D eigenvalue weighted by atomic mass is 32.2. The van der Waals surface area contributed by atoms with E-state index >= 15 is 0 Å². The summed E-state index contributed by atoms with van der Waals surface area (Å²) in [5.41, 5.74) is 1.16. The Balaban J connectivity index is 2.83. The molecular weight excluding hydrogens is 334 g/mol. The Morgan fingerprint density at radius 1 is 1.08 bits per heavy atom. The van der Waals surface area contributed by atoms with Gasteiger partial charge in [0.25, 0.3) is 16.0 Å². The fraction of sp³-hybridized carbons (Fsp3) is 0.500. The summed E-state index contributed by atoms with van der Waals surface area (Å²) in [6, 6.07) is 6.19. The van der Waals surface area contributed by atoms with E-state index in [1.54, 1.807) is 45.0 Å². The highest BCUT2D eigenvalue weighted by Gasteiger charge is 2.28. The van der Waals surface area contributed by atoms with Gasteiger partial charge in [0.15, 0.2) is 6.10 Å². The fourth-order valence-corrected chi connectivity index (χ4v) is 2.74. The molecule has 8 heteroatoms. The molecule has 134 valence electrons. The van der Waals surface area contributed by atoms with Crippen LogP contribution >= 0.6 is 0 Å². The lowest BCUT2D eigenvalue weighted by molar-refractivity contribution is -0.130. The van der Waals surface area contributed by atoms with Crippen LogP contribution in [0.2, 0.25) is 0 Å². The molecular formula is C16H23NO6S. The molecule has 0 aliphatic heterocycles. The third-order valence-electron chi connectivity index (χ3n) is 3.33. The molecule has 7 nitrogen and oxygen atoms in total. The van der Waals surface area contributed by atoms with Gasteiger partial charge in [0.05, 0.1) is 25.0 Å². The summed E-state index contributed by atoms with van der Waals surface area (Å²) >= 11 is 0. The van der Waals surface area contributed by atoms with Gasteiger partial charge >= 0.3 is 5.97 Å². The first-order valence-electron chi connectivity index (χ1n) is 7.42. The first kappa shape index (κ1) is 20.1. The van der Waals surface area contributed by atoms with E-state index in [1.165, 1.54) is 7.11 Å². The minimum atomic E-state index is -3.74.